The van der Waals surface area contributed by atoms with Crippen molar-refractivity contribution in [2.24, 2.45) is 5.92 Å². The Labute approximate surface area is 118 Å². The number of nitrogens with one attached hydrogen (secondary N) is 2. The number of aromatic nitrogens is 1. The van der Waals surface area contributed by atoms with E-state index in [9.17, 15) is 9.59 Å². The molecule has 108 valence electrons. The van der Waals surface area contributed by atoms with Crippen molar-refractivity contribution in [2.75, 3.05) is 19.6 Å². The van der Waals surface area contributed by atoms with E-state index in [0.717, 1.165) is 32.5 Å². The molecule has 0 spiro atoms. The molecule has 0 saturated carbocycles. The minimum Gasteiger partial charge on any atom is -0.337 e. The summed E-state index contributed by atoms with van der Waals surface area (Å²) in [5, 5.41) is 3.56. The van der Waals surface area contributed by atoms with E-state index >= 15 is 0 Å². The summed E-state index contributed by atoms with van der Waals surface area (Å²) in [6.45, 7) is 2.71. The van der Waals surface area contributed by atoms with Gasteiger partial charge < -0.3 is 15.2 Å². The number of H-pyrrole nitrogens is 1. The summed E-state index contributed by atoms with van der Waals surface area (Å²) in [6, 6.07) is 5.37. The highest BCUT2D eigenvalue weighted by atomic mass is 16.2. The first-order valence-corrected chi connectivity index (χ1v) is 7.46. The summed E-state index contributed by atoms with van der Waals surface area (Å²) in [4.78, 5) is 28.1. The van der Waals surface area contributed by atoms with Gasteiger partial charge in [0.1, 0.15) is 5.69 Å². The monoisotopic (exact) mass is 275 g/mol. The molecule has 20 heavy (non-hydrogen) atoms. The lowest BCUT2D eigenvalue weighted by molar-refractivity contribution is 0.0668. The topological polar surface area (TPSA) is 65.2 Å². The molecule has 1 unspecified atom stereocenters. The van der Waals surface area contributed by atoms with Gasteiger partial charge in [-0.05, 0) is 44.2 Å². The minimum atomic E-state index is -0.221. The average molecular weight is 275 g/mol. The van der Waals surface area contributed by atoms with Crippen LogP contribution in [0.4, 0.5) is 0 Å². The first kappa shape index (κ1) is 13.4. The van der Waals surface area contributed by atoms with E-state index in [-0.39, 0.29) is 11.5 Å². The Morgan fingerprint density at radius 3 is 2.65 bits per heavy atom. The smallest absolute Gasteiger partial charge is 0.270 e. The zero-order valence-corrected chi connectivity index (χ0v) is 11.6. The molecular formula is C15H21N3O2. The molecule has 2 saturated heterocycles. The Balaban J connectivity index is 1.60. The van der Waals surface area contributed by atoms with Crippen molar-refractivity contribution in [2.45, 2.75) is 31.7 Å². The second kappa shape index (κ2) is 5.79. The van der Waals surface area contributed by atoms with E-state index in [4.69, 9.17) is 0 Å². The number of nitrogens with zero attached hydrogens (tertiary/aromatic N) is 1. The number of pyridine rings is 1. The number of carbonyl (C=O) groups excluding carboxylic acids is 1. The Morgan fingerprint density at radius 1 is 1.20 bits per heavy atom. The lowest BCUT2D eigenvalue weighted by Crippen LogP contribution is -2.43. The maximum absolute atomic E-state index is 12.3. The molecule has 2 N–H and O–H groups in total. The van der Waals surface area contributed by atoms with Crippen LogP contribution in [0.25, 0.3) is 0 Å². The van der Waals surface area contributed by atoms with Gasteiger partial charge in [-0.15, -0.1) is 0 Å². The van der Waals surface area contributed by atoms with Crippen molar-refractivity contribution in [1.82, 2.24) is 15.2 Å². The SMILES string of the molecule is O=C(c1cccc(=O)[nH]1)N1CCC(C2CCCN2)CC1. The quantitative estimate of drug-likeness (QED) is 0.845. The van der Waals surface area contributed by atoms with Gasteiger partial charge in [-0.25, -0.2) is 0 Å². The van der Waals surface area contributed by atoms with Crippen LogP contribution in [0.2, 0.25) is 0 Å². The third-order valence-electron chi connectivity index (χ3n) is 4.49. The van der Waals surface area contributed by atoms with Crippen molar-refractivity contribution in [1.29, 1.82) is 0 Å². The van der Waals surface area contributed by atoms with Gasteiger partial charge >= 0.3 is 0 Å². The van der Waals surface area contributed by atoms with Crippen LogP contribution in [0.15, 0.2) is 23.0 Å². The summed E-state index contributed by atoms with van der Waals surface area (Å²) in [5.41, 5.74) is 0.177. The van der Waals surface area contributed by atoms with Crippen molar-refractivity contribution in [3.8, 4) is 0 Å². The number of aromatic amines is 1. The van der Waals surface area contributed by atoms with Crippen LogP contribution in [0.3, 0.4) is 0 Å². The summed E-state index contributed by atoms with van der Waals surface area (Å²) in [5.74, 6) is 0.636. The zero-order chi connectivity index (χ0) is 13.9. The van der Waals surface area contributed by atoms with Crippen molar-refractivity contribution in [3.63, 3.8) is 0 Å². The lowest BCUT2D eigenvalue weighted by Gasteiger charge is -2.34. The summed E-state index contributed by atoms with van der Waals surface area (Å²) >= 11 is 0. The van der Waals surface area contributed by atoms with Gasteiger partial charge in [-0.3, -0.25) is 9.59 Å². The van der Waals surface area contributed by atoms with Crippen LogP contribution in [0.5, 0.6) is 0 Å². The molecule has 3 heterocycles. The fourth-order valence-corrected chi connectivity index (χ4v) is 3.36. The van der Waals surface area contributed by atoms with Gasteiger partial charge in [0.2, 0.25) is 5.56 Å². The third kappa shape index (κ3) is 2.77. The highest BCUT2D eigenvalue weighted by molar-refractivity contribution is 5.92. The van der Waals surface area contributed by atoms with E-state index in [1.54, 1.807) is 12.1 Å². The number of likely N-dealkylation sites (tertiary alicyclic amines) is 1. The second-order valence-electron chi connectivity index (χ2n) is 5.76. The van der Waals surface area contributed by atoms with Crippen LogP contribution >= 0.6 is 0 Å². The number of amides is 1. The van der Waals surface area contributed by atoms with E-state index in [1.165, 1.54) is 18.9 Å². The minimum absolute atomic E-state index is 0.0551. The summed E-state index contributed by atoms with van der Waals surface area (Å²) in [6.07, 6.45) is 4.65. The molecule has 1 aromatic rings. The van der Waals surface area contributed by atoms with Gasteiger partial charge in [0.05, 0.1) is 0 Å². The molecule has 1 amide bonds. The molecule has 2 aliphatic heterocycles. The number of hydrogen-bond acceptors (Lipinski definition) is 3. The molecule has 2 aliphatic rings. The van der Waals surface area contributed by atoms with Crippen LogP contribution in [-0.2, 0) is 0 Å². The van der Waals surface area contributed by atoms with Crippen LogP contribution < -0.4 is 10.9 Å². The molecule has 0 radical (unpaired) electrons. The fourth-order valence-electron chi connectivity index (χ4n) is 3.36. The Bertz CT molecular complexity index is 526. The number of piperidine rings is 1. The molecule has 5 nitrogen and oxygen atoms in total. The largest absolute Gasteiger partial charge is 0.337 e. The van der Waals surface area contributed by atoms with E-state index in [1.807, 2.05) is 4.90 Å². The molecule has 2 fully saturated rings. The first-order chi connectivity index (χ1) is 9.74. The van der Waals surface area contributed by atoms with E-state index in [0.29, 0.717) is 17.7 Å². The normalized spacial score (nSPS) is 24.0. The predicted octanol–water partition coefficient (Wildman–Crippen LogP) is 0.979. The van der Waals surface area contributed by atoms with Gasteiger partial charge in [0, 0.05) is 25.2 Å². The standard InChI is InChI=1S/C15H21N3O2/c19-14-5-1-3-13(17-14)15(20)18-9-6-11(7-10-18)12-4-2-8-16-12/h1,3,5,11-12,16H,2,4,6-10H2,(H,17,19). The van der Waals surface area contributed by atoms with Crippen LogP contribution in [0.1, 0.15) is 36.2 Å². The van der Waals surface area contributed by atoms with E-state index < -0.39 is 0 Å². The van der Waals surface area contributed by atoms with Crippen molar-refractivity contribution < 1.29 is 4.79 Å². The molecular weight excluding hydrogens is 254 g/mol. The van der Waals surface area contributed by atoms with E-state index in [2.05, 4.69) is 10.3 Å². The maximum atomic E-state index is 12.3. The number of rotatable bonds is 2. The molecule has 0 aliphatic carbocycles. The number of carbonyl (C=O) groups is 1. The Kier molecular flexibility index (Phi) is 3.87. The predicted molar refractivity (Wildman–Crippen MR) is 76.7 cm³/mol. The number of hydrogen-bond donors (Lipinski definition) is 2. The molecule has 0 aromatic carbocycles. The van der Waals surface area contributed by atoms with Crippen molar-refractivity contribution in [3.05, 3.63) is 34.2 Å². The van der Waals surface area contributed by atoms with Gasteiger partial charge in [-0.2, -0.15) is 0 Å². The van der Waals surface area contributed by atoms with Gasteiger partial charge in [0.15, 0.2) is 0 Å². The first-order valence-electron chi connectivity index (χ1n) is 7.46. The molecule has 1 atom stereocenters. The Morgan fingerprint density at radius 2 is 2.00 bits per heavy atom. The second-order valence-corrected chi connectivity index (χ2v) is 5.76. The summed E-state index contributed by atoms with van der Waals surface area (Å²) < 4.78 is 0. The zero-order valence-electron chi connectivity index (χ0n) is 11.6. The van der Waals surface area contributed by atoms with Gasteiger partial charge in [0.25, 0.3) is 5.91 Å². The van der Waals surface area contributed by atoms with Crippen molar-refractivity contribution >= 4 is 5.91 Å². The molecule has 3 rings (SSSR count). The lowest BCUT2D eigenvalue weighted by atomic mass is 9.88. The van der Waals surface area contributed by atoms with Crippen LogP contribution in [0, 0.1) is 5.92 Å². The average Bonchev–Trinajstić information content (AvgIpc) is 3.01. The van der Waals surface area contributed by atoms with Gasteiger partial charge in [-0.1, -0.05) is 6.07 Å². The Hall–Kier alpha value is -1.62. The third-order valence-corrected chi connectivity index (χ3v) is 4.49. The fraction of sp³-hybridized carbons (Fsp3) is 0.600. The molecule has 0 bridgehead atoms. The molecule has 5 heteroatoms. The highest BCUT2D eigenvalue weighted by Crippen LogP contribution is 2.26. The summed E-state index contributed by atoms with van der Waals surface area (Å²) in [7, 11) is 0. The van der Waals surface area contributed by atoms with Crippen LogP contribution in [-0.4, -0.2) is 41.5 Å². The highest BCUT2D eigenvalue weighted by Gasteiger charge is 2.30. The molecule has 1 aromatic heterocycles. The maximum Gasteiger partial charge on any atom is 0.270 e.